The Kier molecular flexibility index (Phi) is 7.14. The second-order valence-electron chi connectivity index (χ2n) is 4.41. The molecule has 1 rings (SSSR count). The standard InChI is InChI=1S/C14H15F5OS/c15-8-6-11(16)12(17)14(18,19)7-9-21-13(20)10-4-2-1-3-5-10/h1-5,11-12H,6-9H2. The highest BCUT2D eigenvalue weighted by Crippen LogP contribution is 2.32. The number of alkyl halides is 5. The number of halogens is 5. The lowest BCUT2D eigenvalue weighted by Gasteiger charge is -2.22. The van der Waals surface area contributed by atoms with Crippen LogP contribution in [0.4, 0.5) is 22.0 Å². The summed E-state index contributed by atoms with van der Waals surface area (Å²) < 4.78 is 64.8. The van der Waals surface area contributed by atoms with E-state index < -0.39 is 42.9 Å². The molecule has 0 saturated heterocycles. The fourth-order valence-electron chi connectivity index (χ4n) is 1.59. The van der Waals surface area contributed by atoms with Gasteiger partial charge in [0.2, 0.25) is 5.12 Å². The van der Waals surface area contributed by atoms with Crippen molar-refractivity contribution >= 4 is 16.9 Å². The third-order valence-corrected chi connectivity index (χ3v) is 3.69. The van der Waals surface area contributed by atoms with Crippen molar-refractivity contribution in [2.45, 2.75) is 31.1 Å². The zero-order valence-electron chi connectivity index (χ0n) is 11.1. The molecule has 0 heterocycles. The van der Waals surface area contributed by atoms with Crippen LogP contribution in [0, 0.1) is 0 Å². The molecule has 2 unspecified atom stereocenters. The molecule has 0 aliphatic carbocycles. The zero-order valence-corrected chi connectivity index (χ0v) is 11.9. The van der Waals surface area contributed by atoms with Crippen LogP contribution in [0.3, 0.4) is 0 Å². The number of carbonyl (C=O) groups is 1. The summed E-state index contributed by atoms with van der Waals surface area (Å²) in [5, 5.41) is -0.414. The first-order valence-corrected chi connectivity index (χ1v) is 7.31. The van der Waals surface area contributed by atoms with Gasteiger partial charge in [-0.1, -0.05) is 42.1 Å². The highest BCUT2D eigenvalue weighted by molar-refractivity contribution is 8.14. The molecule has 1 aromatic carbocycles. The van der Waals surface area contributed by atoms with Gasteiger partial charge in [-0.15, -0.1) is 0 Å². The SMILES string of the molecule is O=C(SCCC(F)(F)C(F)C(F)CCF)c1ccccc1. The third kappa shape index (κ3) is 5.65. The van der Waals surface area contributed by atoms with Crippen molar-refractivity contribution in [3.05, 3.63) is 35.9 Å². The van der Waals surface area contributed by atoms with Crippen molar-refractivity contribution in [3.8, 4) is 0 Å². The van der Waals surface area contributed by atoms with Gasteiger partial charge in [-0.2, -0.15) is 0 Å². The smallest absolute Gasteiger partial charge is 0.282 e. The first-order chi connectivity index (χ1) is 9.88. The molecule has 1 nitrogen and oxygen atoms in total. The number of rotatable bonds is 8. The lowest BCUT2D eigenvalue weighted by atomic mass is 10.1. The largest absolute Gasteiger partial charge is 0.282 e. The van der Waals surface area contributed by atoms with E-state index in [0.717, 1.165) is 0 Å². The van der Waals surface area contributed by atoms with Crippen LogP contribution in [0.5, 0.6) is 0 Å². The van der Waals surface area contributed by atoms with E-state index in [9.17, 15) is 26.7 Å². The highest BCUT2D eigenvalue weighted by atomic mass is 32.2. The van der Waals surface area contributed by atoms with Gasteiger partial charge in [-0.25, -0.2) is 17.6 Å². The second kappa shape index (κ2) is 8.36. The van der Waals surface area contributed by atoms with Crippen molar-refractivity contribution in [3.63, 3.8) is 0 Å². The average molecular weight is 326 g/mol. The van der Waals surface area contributed by atoms with Crippen molar-refractivity contribution in [2.75, 3.05) is 12.4 Å². The summed E-state index contributed by atoms with van der Waals surface area (Å²) in [4.78, 5) is 11.6. The first kappa shape index (κ1) is 17.9. The number of thioether (sulfide) groups is 1. The molecule has 0 radical (unpaired) electrons. The number of hydrogen-bond donors (Lipinski definition) is 0. The summed E-state index contributed by atoms with van der Waals surface area (Å²) in [7, 11) is 0. The Morgan fingerprint density at radius 3 is 2.38 bits per heavy atom. The van der Waals surface area contributed by atoms with Crippen LogP contribution in [0.2, 0.25) is 0 Å². The summed E-state index contributed by atoms with van der Waals surface area (Å²) >= 11 is 0.617. The van der Waals surface area contributed by atoms with Crippen LogP contribution in [0.1, 0.15) is 23.2 Å². The van der Waals surface area contributed by atoms with Gasteiger partial charge in [0.25, 0.3) is 5.92 Å². The van der Waals surface area contributed by atoms with Gasteiger partial charge in [-0.05, 0) is 0 Å². The molecule has 0 aliphatic heterocycles. The van der Waals surface area contributed by atoms with Crippen molar-refractivity contribution < 1.29 is 26.7 Å². The Bertz CT molecular complexity index is 440. The maximum absolute atomic E-state index is 13.4. The molecule has 7 heteroatoms. The van der Waals surface area contributed by atoms with Gasteiger partial charge >= 0.3 is 0 Å². The second-order valence-corrected chi connectivity index (χ2v) is 5.48. The Morgan fingerprint density at radius 1 is 1.19 bits per heavy atom. The Morgan fingerprint density at radius 2 is 1.81 bits per heavy atom. The molecule has 0 bridgehead atoms. The van der Waals surface area contributed by atoms with E-state index in [1.807, 2.05) is 0 Å². The summed E-state index contributed by atoms with van der Waals surface area (Å²) in [6.45, 7) is -1.20. The van der Waals surface area contributed by atoms with Crippen molar-refractivity contribution in [1.82, 2.24) is 0 Å². The maximum atomic E-state index is 13.4. The first-order valence-electron chi connectivity index (χ1n) is 6.32. The molecular weight excluding hydrogens is 311 g/mol. The van der Waals surface area contributed by atoms with E-state index in [1.165, 1.54) is 12.1 Å². The van der Waals surface area contributed by atoms with E-state index in [1.54, 1.807) is 18.2 Å². The topological polar surface area (TPSA) is 17.1 Å². The number of carbonyl (C=O) groups excluding carboxylic acids is 1. The molecule has 2 atom stereocenters. The van der Waals surface area contributed by atoms with E-state index >= 15 is 0 Å². The quantitative estimate of drug-likeness (QED) is 0.648. The Balaban J connectivity index is 2.45. The average Bonchev–Trinajstić information content (AvgIpc) is 2.47. The van der Waals surface area contributed by atoms with Crippen LogP contribution in [0.15, 0.2) is 30.3 Å². The van der Waals surface area contributed by atoms with Crippen LogP contribution < -0.4 is 0 Å². The Labute approximate surface area is 123 Å². The van der Waals surface area contributed by atoms with E-state index in [4.69, 9.17) is 0 Å². The van der Waals surface area contributed by atoms with Gasteiger partial charge in [0.05, 0.1) is 6.67 Å². The van der Waals surface area contributed by atoms with Gasteiger partial charge in [-0.3, -0.25) is 9.18 Å². The molecule has 21 heavy (non-hydrogen) atoms. The van der Waals surface area contributed by atoms with E-state index in [2.05, 4.69) is 0 Å². The van der Waals surface area contributed by atoms with E-state index in [0.29, 0.717) is 17.3 Å². The fourth-order valence-corrected chi connectivity index (χ4v) is 2.45. The number of benzene rings is 1. The van der Waals surface area contributed by atoms with Crippen LogP contribution >= 0.6 is 11.8 Å². The molecule has 1 aromatic rings. The van der Waals surface area contributed by atoms with Gasteiger partial charge in [0.1, 0.15) is 6.17 Å². The molecule has 0 saturated carbocycles. The third-order valence-electron chi connectivity index (χ3n) is 2.78. The number of hydrogen-bond acceptors (Lipinski definition) is 2. The van der Waals surface area contributed by atoms with E-state index in [-0.39, 0.29) is 5.75 Å². The zero-order chi connectivity index (χ0) is 15.9. The highest BCUT2D eigenvalue weighted by Gasteiger charge is 2.44. The van der Waals surface area contributed by atoms with Crippen LogP contribution in [-0.2, 0) is 0 Å². The summed E-state index contributed by atoms with van der Waals surface area (Å²) in [6, 6.07) is 8.03. The van der Waals surface area contributed by atoms with Gasteiger partial charge < -0.3 is 0 Å². The minimum atomic E-state index is -3.92. The monoisotopic (exact) mass is 326 g/mol. The normalized spacial score (nSPS) is 14.7. The summed E-state index contributed by atoms with van der Waals surface area (Å²) in [5.74, 6) is -4.26. The Hall–Kier alpha value is -1.11. The maximum Gasteiger partial charge on any atom is 0.282 e. The molecular formula is C14H15F5OS. The molecule has 0 aliphatic rings. The fraction of sp³-hybridized carbons (Fsp3) is 0.500. The predicted molar refractivity (Wildman–Crippen MR) is 73.2 cm³/mol. The summed E-state index contributed by atoms with van der Waals surface area (Å²) in [6.07, 6.45) is -7.47. The van der Waals surface area contributed by atoms with Crippen molar-refractivity contribution in [1.29, 1.82) is 0 Å². The van der Waals surface area contributed by atoms with Crippen molar-refractivity contribution in [2.24, 2.45) is 0 Å². The summed E-state index contributed by atoms with van der Waals surface area (Å²) in [5.41, 5.74) is 0.350. The molecule has 118 valence electrons. The minimum absolute atomic E-state index is 0.344. The predicted octanol–water partition coefficient (Wildman–Crippen LogP) is 4.62. The van der Waals surface area contributed by atoms with Crippen LogP contribution in [-0.4, -0.2) is 35.8 Å². The molecule has 0 spiro atoms. The van der Waals surface area contributed by atoms with Gasteiger partial charge in [0, 0.05) is 24.2 Å². The van der Waals surface area contributed by atoms with Crippen LogP contribution in [0.25, 0.3) is 0 Å². The van der Waals surface area contributed by atoms with Gasteiger partial charge in [0.15, 0.2) is 6.17 Å². The minimum Gasteiger partial charge on any atom is -0.282 e. The molecule has 0 amide bonds. The molecule has 0 N–H and O–H groups in total. The molecule has 0 aromatic heterocycles. The lowest BCUT2D eigenvalue weighted by Crippen LogP contribution is -2.38. The molecule has 0 fully saturated rings. The lowest BCUT2D eigenvalue weighted by molar-refractivity contribution is -0.102.